The Hall–Kier alpha value is -1.02. The molecule has 1 aromatic carbocycles. The Morgan fingerprint density at radius 3 is 2.50 bits per heavy atom. The largest absolute Gasteiger partial charge is 0.496 e. The van der Waals surface area contributed by atoms with Gasteiger partial charge in [-0.15, -0.1) is 24.0 Å². The van der Waals surface area contributed by atoms with Gasteiger partial charge in [0.1, 0.15) is 5.75 Å². The van der Waals surface area contributed by atoms with Gasteiger partial charge in [-0.2, -0.15) is 0 Å². The molecule has 1 fully saturated rings. The van der Waals surface area contributed by atoms with Crippen LogP contribution >= 0.6 is 24.0 Å². The molecular formula is C20H35IN4O. The summed E-state index contributed by atoms with van der Waals surface area (Å²) in [7, 11) is 3.53. The number of hydrogen-bond donors (Lipinski definition) is 2. The van der Waals surface area contributed by atoms with Crippen LogP contribution in [0, 0.1) is 6.92 Å². The number of nitrogens with zero attached hydrogens (tertiary/aromatic N) is 2. The van der Waals surface area contributed by atoms with Crippen LogP contribution < -0.4 is 15.4 Å². The molecule has 1 heterocycles. The zero-order chi connectivity index (χ0) is 18.3. The summed E-state index contributed by atoms with van der Waals surface area (Å²) in [6, 6.07) is 6.29. The van der Waals surface area contributed by atoms with Gasteiger partial charge in [-0.05, 0) is 63.9 Å². The smallest absolute Gasteiger partial charge is 0.191 e. The lowest BCUT2D eigenvalue weighted by Crippen LogP contribution is -2.54. The summed E-state index contributed by atoms with van der Waals surface area (Å²) in [4.78, 5) is 6.94. The first kappa shape index (κ1) is 23.0. The molecule has 1 aliphatic heterocycles. The SMILES string of the molecule is CN=C(NCc1ccc(C)c(OC)c1)NCC(C)(C)N1CCCCC1.I. The summed E-state index contributed by atoms with van der Waals surface area (Å²) >= 11 is 0. The third-order valence-electron chi connectivity index (χ3n) is 5.06. The predicted molar refractivity (Wildman–Crippen MR) is 121 cm³/mol. The van der Waals surface area contributed by atoms with E-state index in [1.807, 2.05) is 7.05 Å². The molecule has 0 bridgehead atoms. The molecule has 2 rings (SSSR count). The molecule has 148 valence electrons. The average molecular weight is 474 g/mol. The molecule has 1 saturated heterocycles. The molecule has 1 aromatic rings. The number of aryl methyl sites for hydroxylation is 1. The van der Waals surface area contributed by atoms with Gasteiger partial charge in [0.15, 0.2) is 5.96 Å². The van der Waals surface area contributed by atoms with E-state index in [2.05, 4.69) is 59.5 Å². The van der Waals surface area contributed by atoms with Crippen molar-refractivity contribution in [3.8, 4) is 5.75 Å². The van der Waals surface area contributed by atoms with Crippen molar-refractivity contribution in [3.63, 3.8) is 0 Å². The van der Waals surface area contributed by atoms with Crippen molar-refractivity contribution in [1.29, 1.82) is 0 Å². The van der Waals surface area contributed by atoms with Gasteiger partial charge in [-0.3, -0.25) is 9.89 Å². The number of methoxy groups -OCH3 is 1. The molecular weight excluding hydrogens is 439 g/mol. The first-order chi connectivity index (χ1) is 12.0. The van der Waals surface area contributed by atoms with Crippen molar-refractivity contribution in [2.45, 2.75) is 52.1 Å². The molecule has 6 heteroatoms. The van der Waals surface area contributed by atoms with Crippen LogP contribution in [0.5, 0.6) is 5.75 Å². The van der Waals surface area contributed by atoms with E-state index in [0.29, 0.717) is 0 Å². The highest BCUT2D eigenvalue weighted by molar-refractivity contribution is 14.0. The summed E-state index contributed by atoms with van der Waals surface area (Å²) in [5.41, 5.74) is 2.46. The third-order valence-corrected chi connectivity index (χ3v) is 5.06. The van der Waals surface area contributed by atoms with Crippen molar-refractivity contribution >= 4 is 29.9 Å². The minimum absolute atomic E-state index is 0. The topological polar surface area (TPSA) is 48.9 Å². The van der Waals surface area contributed by atoms with E-state index in [-0.39, 0.29) is 29.5 Å². The van der Waals surface area contributed by atoms with Crippen LogP contribution in [0.2, 0.25) is 0 Å². The third kappa shape index (κ3) is 6.61. The number of aliphatic imine (C=N–C) groups is 1. The van der Waals surface area contributed by atoms with Gasteiger partial charge in [-0.1, -0.05) is 18.6 Å². The second-order valence-electron chi connectivity index (χ2n) is 7.44. The maximum Gasteiger partial charge on any atom is 0.191 e. The first-order valence-corrected chi connectivity index (χ1v) is 9.29. The monoisotopic (exact) mass is 474 g/mol. The fraction of sp³-hybridized carbons (Fsp3) is 0.650. The Morgan fingerprint density at radius 2 is 1.88 bits per heavy atom. The zero-order valence-corrected chi connectivity index (χ0v) is 19.2. The number of ether oxygens (including phenoxy) is 1. The lowest BCUT2D eigenvalue weighted by Gasteiger charge is -2.41. The van der Waals surface area contributed by atoms with Crippen LogP contribution in [0.15, 0.2) is 23.2 Å². The van der Waals surface area contributed by atoms with Gasteiger partial charge in [0.05, 0.1) is 7.11 Å². The lowest BCUT2D eigenvalue weighted by atomic mass is 9.98. The van der Waals surface area contributed by atoms with E-state index in [1.54, 1.807) is 7.11 Å². The molecule has 0 amide bonds. The Labute approximate surface area is 176 Å². The normalized spacial score (nSPS) is 16.0. The van der Waals surface area contributed by atoms with Crippen molar-refractivity contribution in [2.24, 2.45) is 4.99 Å². The maximum absolute atomic E-state index is 5.40. The molecule has 0 unspecified atom stereocenters. The van der Waals surface area contributed by atoms with Crippen molar-refractivity contribution in [3.05, 3.63) is 29.3 Å². The second-order valence-corrected chi connectivity index (χ2v) is 7.44. The number of likely N-dealkylation sites (tertiary alicyclic amines) is 1. The molecule has 26 heavy (non-hydrogen) atoms. The lowest BCUT2D eigenvalue weighted by molar-refractivity contribution is 0.0982. The molecule has 0 saturated carbocycles. The van der Waals surface area contributed by atoms with Gasteiger partial charge in [-0.25, -0.2) is 0 Å². The maximum atomic E-state index is 5.40. The molecule has 0 aliphatic carbocycles. The van der Waals surface area contributed by atoms with Gasteiger partial charge in [0.25, 0.3) is 0 Å². The number of halogens is 1. The van der Waals surface area contributed by atoms with Gasteiger partial charge in [0, 0.05) is 25.7 Å². The van der Waals surface area contributed by atoms with Crippen molar-refractivity contribution in [2.75, 3.05) is 33.8 Å². The Bertz CT molecular complexity index is 583. The molecule has 0 spiro atoms. The fourth-order valence-corrected chi connectivity index (χ4v) is 3.29. The summed E-state index contributed by atoms with van der Waals surface area (Å²) in [6.45, 7) is 10.7. The van der Waals surface area contributed by atoms with Gasteiger partial charge >= 0.3 is 0 Å². The van der Waals surface area contributed by atoms with Crippen LogP contribution in [0.3, 0.4) is 0 Å². The summed E-state index contributed by atoms with van der Waals surface area (Å²) in [5, 5.41) is 6.88. The Morgan fingerprint density at radius 1 is 1.19 bits per heavy atom. The summed E-state index contributed by atoms with van der Waals surface area (Å²) in [5.74, 6) is 1.76. The highest BCUT2D eigenvalue weighted by atomic mass is 127. The average Bonchev–Trinajstić information content (AvgIpc) is 2.63. The zero-order valence-electron chi connectivity index (χ0n) is 16.9. The van der Waals surface area contributed by atoms with E-state index in [1.165, 1.54) is 37.9 Å². The number of rotatable bonds is 6. The minimum atomic E-state index is 0. The fourth-order valence-electron chi connectivity index (χ4n) is 3.29. The number of guanidine groups is 1. The highest BCUT2D eigenvalue weighted by Crippen LogP contribution is 2.20. The van der Waals surface area contributed by atoms with Crippen LogP contribution in [0.1, 0.15) is 44.2 Å². The summed E-state index contributed by atoms with van der Waals surface area (Å²) < 4.78 is 5.40. The van der Waals surface area contributed by atoms with E-state index in [9.17, 15) is 0 Å². The second kappa shape index (κ2) is 11.0. The predicted octanol–water partition coefficient (Wildman–Crippen LogP) is 3.55. The first-order valence-electron chi connectivity index (χ1n) is 9.29. The molecule has 0 atom stereocenters. The quantitative estimate of drug-likeness (QED) is 0.376. The van der Waals surface area contributed by atoms with Crippen molar-refractivity contribution < 1.29 is 4.74 Å². The van der Waals surface area contributed by atoms with Crippen molar-refractivity contribution in [1.82, 2.24) is 15.5 Å². The molecule has 1 aliphatic rings. The Balaban J connectivity index is 0.00000338. The van der Waals surface area contributed by atoms with Crippen LogP contribution in [0.4, 0.5) is 0 Å². The number of nitrogens with one attached hydrogen (secondary N) is 2. The van der Waals surface area contributed by atoms with Gasteiger partial charge in [0.2, 0.25) is 0 Å². The minimum Gasteiger partial charge on any atom is -0.496 e. The van der Waals surface area contributed by atoms with Crippen LogP contribution in [0.25, 0.3) is 0 Å². The molecule has 5 nitrogen and oxygen atoms in total. The standard InChI is InChI=1S/C20H34N4O.HI/c1-16-9-10-17(13-18(16)25-5)14-22-19(21-4)23-15-20(2,3)24-11-7-6-8-12-24;/h9-10,13H,6-8,11-12,14-15H2,1-5H3,(H2,21,22,23);1H. The molecule has 0 aromatic heterocycles. The van der Waals surface area contributed by atoms with E-state index in [0.717, 1.165) is 30.4 Å². The number of hydrogen-bond acceptors (Lipinski definition) is 3. The van der Waals surface area contributed by atoms with Crippen LogP contribution in [-0.4, -0.2) is 50.2 Å². The molecule has 0 radical (unpaired) electrons. The Kier molecular flexibility index (Phi) is 9.71. The highest BCUT2D eigenvalue weighted by Gasteiger charge is 2.27. The summed E-state index contributed by atoms with van der Waals surface area (Å²) in [6.07, 6.45) is 3.99. The van der Waals surface area contributed by atoms with Gasteiger partial charge < -0.3 is 15.4 Å². The van der Waals surface area contributed by atoms with E-state index in [4.69, 9.17) is 4.74 Å². The van der Waals surface area contributed by atoms with E-state index >= 15 is 0 Å². The number of piperidine rings is 1. The van der Waals surface area contributed by atoms with Crippen LogP contribution in [-0.2, 0) is 6.54 Å². The molecule has 2 N–H and O–H groups in total. The number of benzene rings is 1. The van der Waals surface area contributed by atoms with E-state index < -0.39 is 0 Å².